The van der Waals surface area contributed by atoms with Crippen molar-refractivity contribution >= 4 is 40.4 Å². The first-order chi connectivity index (χ1) is 8.56. The minimum absolute atomic E-state index is 0.0938. The molecule has 0 aromatic carbocycles. The third-order valence-electron chi connectivity index (χ3n) is 2.34. The Morgan fingerprint density at radius 1 is 1.33 bits per heavy atom. The highest BCUT2D eigenvalue weighted by molar-refractivity contribution is 7.16. The molecule has 2 rings (SSSR count). The van der Waals surface area contributed by atoms with Gasteiger partial charge in [0.2, 0.25) is 0 Å². The zero-order valence-corrected chi connectivity index (χ0v) is 11.9. The molecule has 0 radical (unpaired) electrons. The highest BCUT2D eigenvalue weighted by atomic mass is 35.5. The van der Waals surface area contributed by atoms with Crippen LogP contribution in [-0.2, 0) is 6.54 Å². The van der Waals surface area contributed by atoms with Crippen LogP contribution < -0.4 is 0 Å². The van der Waals surface area contributed by atoms with E-state index in [1.807, 2.05) is 12.1 Å². The summed E-state index contributed by atoms with van der Waals surface area (Å²) in [5, 5.41) is 0.374. The van der Waals surface area contributed by atoms with Crippen molar-refractivity contribution < 1.29 is 4.79 Å². The number of rotatable bonds is 3. The molecular weight excluding hydrogens is 291 g/mol. The van der Waals surface area contributed by atoms with Crippen molar-refractivity contribution in [2.45, 2.75) is 6.54 Å². The van der Waals surface area contributed by atoms with Gasteiger partial charge in [-0.1, -0.05) is 23.2 Å². The highest BCUT2D eigenvalue weighted by Crippen LogP contribution is 2.22. The van der Waals surface area contributed by atoms with Gasteiger partial charge >= 0.3 is 0 Å². The third-order valence-corrected chi connectivity index (χ3v) is 3.78. The Hall–Kier alpha value is -1.10. The van der Waals surface area contributed by atoms with E-state index in [1.165, 1.54) is 17.5 Å². The summed E-state index contributed by atoms with van der Waals surface area (Å²) in [4.78, 5) is 18.6. The zero-order valence-electron chi connectivity index (χ0n) is 9.56. The first-order valence-electron chi connectivity index (χ1n) is 5.17. The van der Waals surface area contributed by atoms with Gasteiger partial charge in [0.1, 0.15) is 5.15 Å². The predicted molar refractivity (Wildman–Crippen MR) is 74.4 cm³/mol. The van der Waals surface area contributed by atoms with E-state index < -0.39 is 0 Å². The fraction of sp³-hybridized carbons (Fsp3) is 0.167. The van der Waals surface area contributed by atoms with Gasteiger partial charge in [-0.25, -0.2) is 4.98 Å². The van der Waals surface area contributed by atoms with Crippen LogP contribution in [0.4, 0.5) is 0 Å². The van der Waals surface area contributed by atoms with Crippen molar-refractivity contribution in [3.63, 3.8) is 0 Å². The van der Waals surface area contributed by atoms with E-state index in [0.717, 1.165) is 9.21 Å². The number of thiophene rings is 1. The van der Waals surface area contributed by atoms with E-state index in [2.05, 4.69) is 4.98 Å². The molecule has 2 heterocycles. The molecule has 0 aliphatic heterocycles. The second-order valence-electron chi connectivity index (χ2n) is 3.74. The molecule has 0 bridgehead atoms. The molecule has 0 aliphatic carbocycles. The molecule has 18 heavy (non-hydrogen) atoms. The van der Waals surface area contributed by atoms with Gasteiger partial charge in [0.15, 0.2) is 0 Å². The SMILES string of the molecule is CN(Cc1ccc(Cl)s1)C(=O)c1ccc(Cl)nc1. The van der Waals surface area contributed by atoms with Crippen molar-refractivity contribution in [3.8, 4) is 0 Å². The smallest absolute Gasteiger partial charge is 0.255 e. The molecular formula is C12H10Cl2N2OS. The minimum atomic E-state index is -0.0938. The van der Waals surface area contributed by atoms with Gasteiger partial charge in [-0.2, -0.15) is 0 Å². The Kier molecular flexibility index (Phi) is 4.22. The number of carbonyl (C=O) groups is 1. The lowest BCUT2D eigenvalue weighted by Crippen LogP contribution is -2.25. The van der Waals surface area contributed by atoms with Crippen LogP contribution in [0.5, 0.6) is 0 Å². The summed E-state index contributed by atoms with van der Waals surface area (Å²) >= 11 is 13.0. The Bertz CT molecular complexity index is 553. The van der Waals surface area contributed by atoms with Crippen molar-refractivity contribution in [2.24, 2.45) is 0 Å². The zero-order chi connectivity index (χ0) is 13.1. The quantitative estimate of drug-likeness (QED) is 0.809. The molecule has 0 unspecified atom stereocenters. The number of carbonyl (C=O) groups excluding carboxylic acids is 1. The number of pyridine rings is 1. The molecule has 1 amide bonds. The molecule has 2 aromatic heterocycles. The third kappa shape index (κ3) is 3.22. The van der Waals surface area contributed by atoms with Crippen molar-refractivity contribution in [1.82, 2.24) is 9.88 Å². The molecule has 0 saturated heterocycles. The summed E-state index contributed by atoms with van der Waals surface area (Å²) in [6.07, 6.45) is 1.47. The average Bonchev–Trinajstić information content (AvgIpc) is 2.75. The van der Waals surface area contributed by atoms with Crippen LogP contribution in [0.2, 0.25) is 9.49 Å². The number of hydrogen-bond acceptors (Lipinski definition) is 3. The van der Waals surface area contributed by atoms with E-state index in [1.54, 1.807) is 24.1 Å². The first-order valence-corrected chi connectivity index (χ1v) is 6.75. The summed E-state index contributed by atoms with van der Waals surface area (Å²) in [7, 11) is 1.74. The molecule has 0 aliphatic rings. The van der Waals surface area contributed by atoms with Gasteiger partial charge in [-0.3, -0.25) is 4.79 Å². The van der Waals surface area contributed by atoms with Crippen LogP contribution in [0.1, 0.15) is 15.2 Å². The Morgan fingerprint density at radius 2 is 2.11 bits per heavy atom. The molecule has 94 valence electrons. The van der Waals surface area contributed by atoms with Gasteiger partial charge < -0.3 is 4.90 Å². The fourth-order valence-corrected chi connectivity index (χ4v) is 2.72. The average molecular weight is 301 g/mol. The van der Waals surface area contributed by atoms with E-state index in [-0.39, 0.29) is 5.91 Å². The second-order valence-corrected chi connectivity index (χ2v) is 5.92. The van der Waals surface area contributed by atoms with E-state index in [9.17, 15) is 4.79 Å². The maximum atomic E-state index is 12.1. The Labute approximate surface area is 119 Å². The summed E-state index contributed by atoms with van der Waals surface area (Å²) in [5.41, 5.74) is 0.518. The maximum Gasteiger partial charge on any atom is 0.255 e. The lowest BCUT2D eigenvalue weighted by atomic mass is 10.2. The number of hydrogen-bond donors (Lipinski definition) is 0. The standard InChI is InChI=1S/C12H10Cl2N2OS/c1-16(7-9-3-5-11(14)18-9)12(17)8-2-4-10(13)15-6-8/h2-6H,7H2,1H3. The number of aromatic nitrogens is 1. The Morgan fingerprint density at radius 3 is 2.67 bits per heavy atom. The van der Waals surface area contributed by atoms with Crippen LogP contribution in [-0.4, -0.2) is 22.8 Å². The number of nitrogens with zero attached hydrogens (tertiary/aromatic N) is 2. The first kappa shape index (κ1) is 13.3. The van der Waals surface area contributed by atoms with Crippen LogP contribution >= 0.6 is 34.5 Å². The van der Waals surface area contributed by atoms with Crippen LogP contribution in [0.25, 0.3) is 0 Å². The van der Waals surface area contributed by atoms with Gasteiger partial charge in [-0.05, 0) is 24.3 Å². The van der Waals surface area contributed by atoms with Crippen LogP contribution in [0.15, 0.2) is 30.5 Å². The largest absolute Gasteiger partial charge is 0.337 e. The van der Waals surface area contributed by atoms with E-state index in [4.69, 9.17) is 23.2 Å². The molecule has 2 aromatic rings. The Balaban J connectivity index is 2.07. The molecule has 6 heteroatoms. The highest BCUT2D eigenvalue weighted by Gasteiger charge is 2.13. The molecule has 0 spiro atoms. The van der Waals surface area contributed by atoms with Crippen LogP contribution in [0.3, 0.4) is 0 Å². The predicted octanol–water partition coefficient (Wildman–Crippen LogP) is 3.72. The molecule has 0 fully saturated rings. The van der Waals surface area contributed by atoms with Crippen molar-refractivity contribution in [2.75, 3.05) is 7.05 Å². The molecule has 0 N–H and O–H groups in total. The summed E-state index contributed by atoms with van der Waals surface area (Å²) in [5.74, 6) is -0.0938. The van der Waals surface area contributed by atoms with Gasteiger partial charge in [-0.15, -0.1) is 11.3 Å². The second kappa shape index (κ2) is 5.69. The normalized spacial score (nSPS) is 10.4. The monoisotopic (exact) mass is 300 g/mol. The maximum absolute atomic E-state index is 12.1. The fourth-order valence-electron chi connectivity index (χ4n) is 1.46. The summed E-state index contributed by atoms with van der Waals surface area (Å²) in [6, 6.07) is 7.00. The van der Waals surface area contributed by atoms with Gasteiger partial charge in [0, 0.05) is 18.1 Å². The molecule has 0 atom stereocenters. The topological polar surface area (TPSA) is 33.2 Å². The number of halogens is 2. The van der Waals surface area contributed by atoms with Crippen molar-refractivity contribution in [1.29, 1.82) is 0 Å². The van der Waals surface area contributed by atoms with Crippen LogP contribution in [0, 0.1) is 0 Å². The molecule has 3 nitrogen and oxygen atoms in total. The lowest BCUT2D eigenvalue weighted by molar-refractivity contribution is 0.0786. The van der Waals surface area contributed by atoms with Crippen molar-refractivity contribution in [3.05, 3.63) is 50.4 Å². The van der Waals surface area contributed by atoms with Gasteiger partial charge in [0.25, 0.3) is 5.91 Å². The van der Waals surface area contributed by atoms with E-state index in [0.29, 0.717) is 17.3 Å². The number of amides is 1. The molecule has 0 saturated carbocycles. The summed E-state index contributed by atoms with van der Waals surface area (Å²) < 4.78 is 0.721. The summed E-state index contributed by atoms with van der Waals surface area (Å²) in [6.45, 7) is 0.527. The lowest BCUT2D eigenvalue weighted by Gasteiger charge is -2.15. The minimum Gasteiger partial charge on any atom is -0.337 e. The van der Waals surface area contributed by atoms with Gasteiger partial charge in [0.05, 0.1) is 16.4 Å². The van der Waals surface area contributed by atoms with E-state index >= 15 is 0 Å².